The molecule has 0 spiro atoms. The second-order valence-corrected chi connectivity index (χ2v) is 8.77. The minimum absolute atomic E-state index is 0.164. The fraction of sp³-hybridized carbons (Fsp3) is 0.692. The summed E-state index contributed by atoms with van der Waals surface area (Å²) in [7, 11) is -3.29. The lowest BCUT2D eigenvalue weighted by Crippen LogP contribution is -2.38. The first kappa shape index (κ1) is 14.0. The normalized spacial score (nSPS) is 23.7. The fourth-order valence-corrected chi connectivity index (χ4v) is 5.58. The van der Waals surface area contributed by atoms with Crippen molar-refractivity contribution in [1.82, 2.24) is 4.31 Å². The topological polar surface area (TPSA) is 37.4 Å². The SMILES string of the molecule is CCN(C1CCC(C)(C)C1)S(=O)(=O)c1cccs1. The highest BCUT2D eigenvalue weighted by atomic mass is 32.2. The standard InChI is InChI=1S/C13H21NO2S2/c1-4-14(11-7-8-13(2,3)10-11)18(15,16)12-6-5-9-17-12/h5-6,9,11H,4,7-8,10H2,1-3H3. The van der Waals surface area contributed by atoms with Gasteiger partial charge in [0.15, 0.2) is 0 Å². The van der Waals surface area contributed by atoms with E-state index in [4.69, 9.17) is 0 Å². The van der Waals surface area contributed by atoms with Gasteiger partial charge in [-0.05, 0) is 36.1 Å². The summed E-state index contributed by atoms with van der Waals surface area (Å²) >= 11 is 1.30. The number of nitrogens with zero attached hydrogens (tertiary/aromatic N) is 1. The maximum Gasteiger partial charge on any atom is 0.252 e. The van der Waals surface area contributed by atoms with Crippen LogP contribution in [0.25, 0.3) is 0 Å². The third-order valence-electron chi connectivity index (χ3n) is 3.72. The highest BCUT2D eigenvalue weighted by Gasteiger charge is 2.39. The van der Waals surface area contributed by atoms with Crippen molar-refractivity contribution >= 4 is 21.4 Å². The molecule has 0 aliphatic heterocycles. The van der Waals surface area contributed by atoms with Gasteiger partial charge in [-0.2, -0.15) is 4.31 Å². The van der Waals surface area contributed by atoms with Crippen LogP contribution >= 0.6 is 11.3 Å². The van der Waals surface area contributed by atoms with Crippen LogP contribution in [0.5, 0.6) is 0 Å². The van der Waals surface area contributed by atoms with Crippen molar-refractivity contribution < 1.29 is 8.42 Å². The summed E-state index contributed by atoms with van der Waals surface area (Å²) in [6.45, 7) is 6.93. The van der Waals surface area contributed by atoms with Gasteiger partial charge in [0.05, 0.1) is 0 Å². The summed E-state index contributed by atoms with van der Waals surface area (Å²) in [4.78, 5) is 0. The monoisotopic (exact) mass is 287 g/mol. The van der Waals surface area contributed by atoms with Gasteiger partial charge in [0, 0.05) is 12.6 Å². The van der Waals surface area contributed by atoms with Crippen molar-refractivity contribution in [1.29, 1.82) is 0 Å². The van der Waals surface area contributed by atoms with E-state index in [0.717, 1.165) is 19.3 Å². The van der Waals surface area contributed by atoms with E-state index in [1.54, 1.807) is 16.4 Å². The molecule has 1 aliphatic carbocycles. The van der Waals surface area contributed by atoms with Gasteiger partial charge < -0.3 is 0 Å². The Morgan fingerprint density at radius 3 is 2.67 bits per heavy atom. The number of rotatable bonds is 4. The zero-order valence-electron chi connectivity index (χ0n) is 11.2. The molecular formula is C13H21NO2S2. The molecule has 0 amide bonds. The van der Waals surface area contributed by atoms with Crippen LogP contribution in [0.1, 0.15) is 40.0 Å². The van der Waals surface area contributed by atoms with Crippen molar-refractivity contribution in [3.8, 4) is 0 Å². The van der Waals surface area contributed by atoms with Crippen LogP contribution in [-0.2, 0) is 10.0 Å². The van der Waals surface area contributed by atoms with Crippen molar-refractivity contribution in [2.75, 3.05) is 6.54 Å². The molecule has 0 N–H and O–H groups in total. The Balaban J connectivity index is 2.25. The van der Waals surface area contributed by atoms with Gasteiger partial charge in [-0.25, -0.2) is 8.42 Å². The molecule has 5 heteroatoms. The predicted octanol–water partition coefficient (Wildman–Crippen LogP) is 3.34. The molecule has 0 aromatic carbocycles. The van der Waals surface area contributed by atoms with Gasteiger partial charge in [0.2, 0.25) is 0 Å². The average Bonchev–Trinajstić information content (AvgIpc) is 2.88. The Morgan fingerprint density at radius 1 is 1.50 bits per heavy atom. The average molecular weight is 287 g/mol. The van der Waals surface area contributed by atoms with Crippen LogP contribution in [0, 0.1) is 5.41 Å². The summed E-state index contributed by atoms with van der Waals surface area (Å²) in [6, 6.07) is 3.66. The molecule has 1 saturated carbocycles. The second-order valence-electron chi connectivity index (χ2n) is 5.70. The summed E-state index contributed by atoms with van der Waals surface area (Å²) in [5, 5.41) is 1.82. The molecule has 1 aromatic rings. The van der Waals surface area contributed by atoms with E-state index >= 15 is 0 Å². The summed E-state index contributed by atoms with van der Waals surface area (Å²) in [5.41, 5.74) is 0.267. The van der Waals surface area contributed by atoms with Crippen LogP contribution in [0.4, 0.5) is 0 Å². The van der Waals surface area contributed by atoms with Crippen LogP contribution in [0.15, 0.2) is 21.7 Å². The fourth-order valence-electron chi connectivity index (χ4n) is 2.80. The lowest BCUT2D eigenvalue weighted by atomic mass is 9.92. The van der Waals surface area contributed by atoms with E-state index in [1.165, 1.54) is 11.3 Å². The Bertz CT molecular complexity index is 491. The molecule has 1 aliphatic rings. The van der Waals surface area contributed by atoms with Crippen LogP contribution in [0.2, 0.25) is 0 Å². The molecule has 3 nitrogen and oxygen atoms in total. The number of sulfonamides is 1. The first-order chi connectivity index (χ1) is 8.37. The van der Waals surface area contributed by atoms with Crippen LogP contribution < -0.4 is 0 Å². The van der Waals surface area contributed by atoms with Crippen LogP contribution in [-0.4, -0.2) is 25.3 Å². The van der Waals surface area contributed by atoms with Crippen molar-refractivity contribution in [2.45, 2.75) is 50.3 Å². The Kier molecular flexibility index (Phi) is 3.85. The molecule has 1 heterocycles. The van der Waals surface area contributed by atoms with Gasteiger partial charge in [0.25, 0.3) is 10.0 Å². The maximum absolute atomic E-state index is 12.6. The predicted molar refractivity (Wildman–Crippen MR) is 75.3 cm³/mol. The van der Waals surface area contributed by atoms with Gasteiger partial charge in [-0.15, -0.1) is 11.3 Å². The zero-order chi connectivity index (χ0) is 13.4. The molecule has 0 saturated heterocycles. The van der Waals surface area contributed by atoms with E-state index in [0.29, 0.717) is 10.8 Å². The van der Waals surface area contributed by atoms with E-state index in [2.05, 4.69) is 13.8 Å². The van der Waals surface area contributed by atoms with Crippen molar-refractivity contribution in [3.05, 3.63) is 17.5 Å². The van der Waals surface area contributed by atoms with Gasteiger partial charge >= 0.3 is 0 Å². The van der Waals surface area contributed by atoms with E-state index in [9.17, 15) is 8.42 Å². The van der Waals surface area contributed by atoms with E-state index in [-0.39, 0.29) is 11.5 Å². The first-order valence-electron chi connectivity index (χ1n) is 6.42. The van der Waals surface area contributed by atoms with Gasteiger partial charge in [-0.3, -0.25) is 0 Å². The molecule has 1 aromatic heterocycles. The maximum atomic E-state index is 12.6. The lowest BCUT2D eigenvalue weighted by molar-refractivity contribution is 0.300. The minimum atomic E-state index is -3.29. The van der Waals surface area contributed by atoms with Crippen LogP contribution in [0.3, 0.4) is 0 Å². The number of hydrogen-bond acceptors (Lipinski definition) is 3. The Hall–Kier alpha value is -0.390. The lowest BCUT2D eigenvalue weighted by Gasteiger charge is -2.27. The summed E-state index contributed by atoms with van der Waals surface area (Å²) in [6.07, 6.45) is 3.05. The largest absolute Gasteiger partial charge is 0.252 e. The molecule has 1 atom stereocenters. The molecule has 18 heavy (non-hydrogen) atoms. The molecule has 2 rings (SSSR count). The molecule has 0 radical (unpaired) electrons. The molecule has 1 unspecified atom stereocenters. The number of thiophene rings is 1. The zero-order valence-corrected chi connectivity index (χ0v) is 12.9. The third-order valence-corrected chi connectivity index (χ3v) is 7.12. The van der Waals surface area contributed by atoms with E-state index < -0.39 is 10.0 Å². The van der Waals surface area contributed by atoms with Crippen molar-refractivity contribution in [2.24, 2.45) is 5.41 Å². The molecule has 0 bridgehead atoms. The second kappa shape index (κ2) is 4.94. The minimum Gasteiger partial charge on any atom is -0.206 e. The van der Waals surface area contributed by atoms with Crippen molar-refractivity contribution in [3.63, 3.8) is 0 Å². The third kappa shape index (κ3) is 2.63. The smallest absolute Gasteiger partial charge is 0.206 e. The Morgan fingerprint density at radius 2 is 2.22 bits per heavy atom. The van der Waals surface area contributed by atoms with Gasteiger partial charge in [-0.1, -0.05) is 26.8 Å². The number of hydrogen-bond donors (Lipinski definition) is 0. The Labute approximate surface area is 114 Å². The molecular weight excluding hydrogens is 266 g/mol. The molecule has 102 valence electrons. The first-order valence-corrected chi connectivity index (χ1v) is 8.74. The quantitative estimate of drug-likeness (QED) is 0.851. The summed E-state index contributed by atoms with van der Waals surface area (Å²) < 4.78 is 27.3. The van der Waals surface area contributed by atoms with Gasteiger partial charge in [0.1, 0.15) is 4.21 Å². The highest BCUT2D eigenvalue weighted by molar-refractivity contribution is 7.91. The highest BCUT2D eigenvalue weighted by Crippen LogP contribution is 2.41. The summed E-state index contributed by atoms with van der Waals surface area (Å²) in [5.74, 6) is 0. The van der Waals surface area contributed by atoms with E-state index in [1.807, 2.05) is 12.3 Å². The molecule has 1 fully saturated rings.